The Balaban J connectivity index is 2.18. The van der Waals surface area contributed by atoms with Gasteiger partial charge in [-0.3, -0.25) is 9.69 Å². The van der Waals surface area contributed by atoms with Gasteiger partial charge in [0.05, 0.1) is 6.04 Å². The number of nitrogens with zero attached hydrogens (tertiary/aromatic N) is 1. The molecule has 1 aliphatic rings. The standard InChI is InChI=1S/C17H25NO/c1-12-6-7-13(2)15(10-12)16(19)14(3)18-9-8-17(4,5)11-18/h6-7,10,14H,8-9,11H2,1-5H3. The van der Waals surface area contributed by atoms with Crippen LogP contribution in [0.1, 0.15) is 48.7 Å². The summed E-state index contributed by atoms with van der Waals surface area (Å²) in [4.78, 5) is 15.0. The van der Waals surface area contributed by atoms with Crippen LogP contribution >= 0.6 is 0 Å². The van der Waals surface area contributed by atoms with E-state index in [4.69, 9.17) is 0 Å². The quantitative estimate of drug-likeness (QED) is 0.773. The lowest BCUT2D eigenvalue weighted by molar-refractivity contribution is 0.0856. The van der Waals surface area contributed by atoms with Crippen LogP contribution in [-0.4, -0.2) is 29.8 Å². The second kappa shape index (κ2) is 5.09. The van der Waals surface area contributed by atoms with Gasteiger partial charge in [0.15, 0.2) is 5.78 Å². The molecular weight excluding hydrogens is 234 g/mol. The van der Waals surface area contributed by atoms with Crippen LogP contribution in [0.2, 0.25) is 0 Å². The first-order chi connectivity index (χ1) is 8.80. The molecule has 0 aliphatic carbocycles. The fourth-order valence-corrected chi connectivity index (χ4v) is 2.88. The molecule has 19 heavy (non-hydrogen) atoms. The Hall–Kier alpha value is -1.15. The van der Waals surface area contributed by atoms with Crippen LogP contribution in [0, 0.1) is 19.3 Å². The first kappa shape index (κ1) is 14.3. The van der Waals surface area contributed by atoms with Gasteiger partial charge in [-0.15, -0.1) is 0 Å². The molecule has 1 aliphatic heterocycles. The Labute approximate surface area is 116 Å². The van der Waals surface area contributed by atoms with Gasteiger partial charge >= 0.3 is 0 Å². The van der Waals surface area contributed by atoms with E-state index in [0.717, 1.165) is 29.8 Å². The lowest BCUT2D eigenvalue weighted by Gasteiger charge is -2.25. The highest BCUT2D eigenvalue weighted by atomic mass is 16.1. The van der Waals surface area contributed by atoms with Crippen LogP contribution in [0.4, 0.5) is 0 Å². The van der Waals surface area contributed by atoms with Crippen molar-refractivity contribution in [1.29, 1.82) is 0 Å². The molecule has 1 unspecified atom stereocenters. The van der Waals surface area contributed by atoms with E-state index in [0.29, 0.717) is 5.41 Å². The Morgan fingerprint density at radius 1 is 1.32 bits per heavy atom. The Morgan fingerprint density at radius 3 is 2.58 bits per heavy atom. The molecule has 1 saturated heterocycles. The second-order valence-electron chi connectivity index (χ2n) is 6.74. The molecule has 0 amide bonds. The van der Waals surface area contributed by atoms with Crippen molar-refractivity contribution in [3.8, 4) is 0 Å². The molecule has 1 aromatic rings. The number of benzene rings is 1. The highest BCUT2D eigenvalue weighted by Crippen LogP contribution is 2.31. The first-order valence-corrected chi connectivity index (χ1v) is 7.16. The maximum absolute atomic E-state index is 12.7. The van der Waals surface area contributed by atoms with Crippen molar-refractivity contribution in [1.82, 2.24) is 4.90 Å². The van der Waals surface area contributed by atoms with E-state index in [2.05, 4.69) is 24.8 Å². The number of carbonyl (C=O) groups is 1. The lowest BCUT2D eigenvalue weighted by atomic mass is 9.93. The van der Waals surface area contributed by atoms with Gasteiger partial charge < -0.3 is 0 Å². The summed E-state index contributed by atoms with van der Waals surface area (Å²) >= 11 is 0. The summed E-state index contributed by atoms with van der Waals surface area (Å²) in [6.45, 7) is 12.7. The van der Waals surface area contributed by atoms with Crippen molar-refractivity contribution in [3.63, 3.8) is 0 Å². The molecule has 0 spiro atoms. The number of Topliss-reactive ketones (excluding diaryl/α,β-unsaturated/α-hetero) is 1. The van der Waals surface area contributed by atoms with E-state index in [9.17, 15) is 4.79 Å². The van der Waals surface area contributed by atoms with Gasteiger partial charge in [-0.25, -0.2) is 0 Å². The summed E-state index contributed by atoms with van der Waals surface area (Å²) in [6.07, 6.45) is 1.18. The Kier molecular flexibility index (Phi) is 3.82. The highest BCUT2D eigenvalue weighted by molar-refractivity contribution is 6.01. The first-order valence-electron chi connectivity index (χ1n) is 7.16. The Morgan fingerprint density at radius 2 is 2.00 bits per heavy atom. The predicted molar refractivity (Wildman–Crippen MR) is 79.7 cm³/mol. The van der Waals surface area contributed by atoms with Crippen LogP contribution in [0.5, 0.6) is 0 Å². The molecule has 2 rings (SSSR count). The number of hydrogen-bond donors (Lipinski definition) is 0. The number of rotatable bonds is 3. The second-order valence-corrected chi connectivity index (χ2v) is 6.74. The minimum Gasteiger partial charge on any atom is -0.293 e. The normalized spacial score (nSPS) is 20.5. The van der Waals surface area contributed by atoms with E-state index in [-0.39, 0.29) is 11.8 Å². The summed E-state index contributed by atoms with van der Waals surface area (Å²) in [5, 5.41) is 0. The number of aryl methyl sites for hydroxylation is 2. The third-order valence-electron chi connectivity index (χ3n) is 4.29. The van der Waals surface area contributed by atoms with Gasteiger partial charge in [-0.2, -0.15) is 0 Å². The predicted octanol–water partition coefficient (Wildman–Crippen LogP) is 3.61. The summed E-state index contributed by atoms with van der Waals surface area (Å²) in [7, 11) is 0. The van der Waals surface area contributed by atoms with Gasteiger partial charge in [0.25, 0.3) is 0 Å². The SMILES string of the molecule is Cc1ccc(C)c(C(=O)C(C)N2CCC(C)(C)C2)c1. The fourth-order valence-electron chi connectivity index (χ4n) is 2.88. The molecule has 0 N–H and O–H groups in total. The van der Waals surface area contributed by atoms with Gasteiger partial charge in [-0.05, 0) is 50.8 Å². The Bertz CT molecular complexity index is 490. The molecule has 2 nitrogen and oxygen atoms in total. The minimum atomic E-state index is -0.0118. The van der Waals surface area contributed by atoms with Crippen molar-refractivity contribution >= 4 is 5.78 Å². The van der Waals surface area contributed by atoms with Crippen LogP contribution < -0.4 is 0 Å². The highest BCUT2D eigenvalue weighted by Gasteiger charge is 2.34. The van der Waals surface area contributed by atoms with Gasteiger partial charge in [0.1, 0.15) is 0 Å². The molecule has 0 saturated carbocycles. The average molecular weight is 259 g/mol. The molecule has 1 fully saturated rings. The van der Waals surface area contributed by atoms with E-state index in [1.807, 2.05) is 32.9 Å². The smallest absolute Gasteiger partial charge is 0.179 e. The van der Waals surface area contributed by atoms with Gasteiger partial charge in [0.2, 0.25) is 0 Å². The average Bonchev–Trinajstić information content (AvgIpc) is 2.71. The number of carbonyl (C=O) groups excluding carboxylic acids is 1. The maximum atomic E-state index is 12.7. The number of hydrogen-bond acceptors (Lipinski definition) is 2. The van der Waals surface area contributed by atoms with Crippen LogP contribution in [-0.2, 0) is 0 Å². The molecule has 104 valence electrons. The molecule has 1 aromatic carbocycles. The molecule has 2 heteroatoms. The molecule has 1 atom stereocenters. The van der Waals surface area contributed by atoms with Crippen molar-refractivity contribution in [3.05, 3.63) is 34.9 Å². The molecule has 1 heterocycles. The number of likely N-dealkylation sites (tertiary alicyclic amines) is 1. The zero-order valence-electron chi connectivity index (χ0n) is 12.8. The minimum absolute atomic E-state index is 0.0118. The third kappa shape index (κ3) is 3.06. The van der Waals surface area contributed by atoms with Crippen molar-refractivity contribution in [2.45, 2.75) is 47.1 Å². The monoisotopic (exact) mass is 259 g/mol. The summed E-state index contributed by atoms with van der Waals surface area (Å²) in [6, 6.07) is 6.12. The third-order valence-corrected chi connectivity index (χ3v) is 4.29. The summed E-state index contributed by atoms with van der Waals surface area (Å²) in [5.74, 6) is 0.263. The van der Waals surface area contributed by atoms with Crippen LogP contribution in [0.25, 0.3) is 0 Å². The molecular formula is C17H25NO. The summed E-state index contributed by atoms with van der Waals surface area (Å²) < 4.78 is 0. The molecule has 0 radical (unpaired) electrons. The van der Waals surface area contributed by atoms with E-state index in [1.54, 1.807) is 0 Å². The van der Waals surface area contributed by atoms with E-state index >= 15 is 0 Å². The molecule has 0 bridgehead atoms. The van der Waals surface area contributed by atoms with Crippen LogP contribution in [0.15, 0.2) is 18.2 Å². The largest absolute Gasteiger partial charge is 0.293 e. The maximum Gasteiger partial charge on any atom is 0.179 e. The van der Waals surface area contributed by atoms with Crippen molar-refractivity contribution < 1.29 is 4.79 Å². The lowest BCUT2D eigenvalue weighted by Crippen LogP contribution is -2.38. The molecule has 0 aromatic heterocycles. The van der Waals surface area contributed by atoms with Gasteiger partial charge in [0, 0.05) is 12.1 Å². The van der Waals surface area contributed by atoms with Gasteiger partial charge in [-0.1, -0.05) is 31.5 Å². The zero-order valence-corrected chi connectivity index (χ0v) is 12.8. The fraction of sp³-hybridized carbons (Fsp3) is 0.588. The summed E-state index contributed by atoms with van der Waals surface area (Å²) in [5.41, 5.74) is 3.47. The van der Waals surface area contributed by atoms with Crippen molar-refractivity contribution in [2.24, 2.45) is 5.41 Å². The van der Waals surface area contributed by atoms with E-state index < -0.39 is 0 Å². The van der Waals surface area contributed by atoms with Crippen LogP contribution in [0.3, 0.4) is 0 Å². The number of ketones is 1. The van der Waals surface area contributed by atoms with Crippen molar-refractivity contribution in [2.75, 3.05) is 13.1 Å². The van der Waals surface area contributed by atoms with E-state index in [1.165, 1.54) is 6.42 Å². The topological polar surface area (TPSA) is 20.3 Å². The zero-order chi connectivity index (χ0) is 14.2.